The van der Waals surface area contributed by atoms with Gasteiger partial charge in [0.15, 0.2) is 6.61 Å². The predicted octanol–water partition coefficient (Wildman–Crippen LogP) is 5.23. The predicted molar refractivity (Wildman–Crippen MR) is 123 cm³/mol. The summed E-state index contributed by atoms with van der Waals surface area (Å²) in [5.41, 5.74) is 1.51. The van der Waals surface area contributed by atoms with E-state index in [1.807, 2.05) is 48.5 Å². The average Bonchev–Trinajstić information content (AvgIpc) is 2.82. The zero-order valence-electron chi connectivity index (χ0n) is 17.6. The molecule has 3 aromatic carbocycles. The van der Waals surface area contributed by atoms with E-state index in [0.29, 0.717) is 22.8 Å². The van der Waals surface area contributed by atoms with Crippen LogP contribution < -0.4 is 14.2 Å². The highest BCUT2D eigenvalue weighted by molar-refractivity contribution is 9.10. The number of aryl methyl sites for hydroxylation is 1. The Morgan fingerprint density at radius 1 is 0.844 bits per heavy atom. The summed E-state index contributed by atoms with van der Waals surface area (Å²) < 4.78 is 22.2. The summed E-state index contributed by atoms with van der Waals surface area (Å²) in [5.74, 6) is 0.550. The van der Waals surface area contributed by atoms with E-state index in [1.165, 1.54) is 24.3 Å². The largest absolute Gasteiger partial charge is 0.490 e. The number of para-hydroxylation sites is 1. The van der Waals surface area contributed by atoms with E-state index >= 15 is 0 Å². The van der Waals surface area contributed by atoms with Crippen LogP contribution >= 0.6 is 15.9 Å². The van der Waals surface area contributed by atoms with Gasteiger partial charge in [0, 0.05) is 0 Å². The molecular formula is C25H23BrO6. The maximum Gasteiger partial charge on any atom is 0.349 e. The lowest BCUT2D eigenvalue weighted by Gasteiger charge is -2.10. The smallest absolute Gasteiger partial charge is 0.349 e. The second-order valence-corrected chi connectivity index (χ2v) is 7.56. The van der Waals surface area contributed by atoms with E-state index in [4.69, 9.17) is 18.9 Å². The summed E-state index contributed by atoms with van der Waals surface area (Å²) in [6.07, 6.45) is 0.909. The van der Waals surface area contributed by atoms with Gasteiger partial charge in [-0.2, -0.15) is 0 Å². The molecule has 3 aromatic rings. The normalized spacial score (nSPS) is 10.3. The van der Waals surface area contributed by atoms with Gasteiger partial charge in [0.25, 0.3) is 0 Å². The van der Waals surface area contributed by atoms with Crippen LogP contribution in [0.3, 0.4) is 0 Å². The molecular weight excluding hydrogens is 476 g/mol. The molecule has 0 N–H and O–H groups in total. The van der Waals surface area contributed by atoms with Gasteiger partial charge < -0.3 is 18.9 Å². The highest BCUT2D eigenvalue weighted by Crippen LogP contribution is 2.26. The zero-order chi connectivity index (χ0) is 22.8. The van der Waals surface area contributed by atoms with Crippen LogP contribution in [0.25, 0.3) is 0 Å². The second-order valence-electron chi connectivity index (χ2n) is 6.70. The quantitative estimate of drug-likeness (QED) is 0.216. The molecule has 0 saturated carbocycles. The van der Waals surface area contributed by atoms with E-state index in [1.54, 1.807) is 0 Å². The molecule has 3 rings (SSSR count). The third kappa shape index (κ3) is 7.13. The van der Waals surface area contributed by atoms with Crippen molar-refractivity contribution in [3.63, 3.8) is 0 Å². The van der Waals surface area contributed by atoms with Crippen molar-refractivity contribution in [1.82, 2.24) is 0 Å². The standard InChI is InChI=1S/C25H23BrO6/c1-2-18-8-13-23(22(26)16-18)31-17-24(27)32-21-11-9-19(10-12-21)25(28)30-15-14-29-20-6-4-3-5-7-20/h3-13,16H,2,14-15,17H2,1H3. The Labute approximate surface area is 195 Å². The van der Waals surface area contributed by atoms with Crippen molar-refractivity contribution in [2.45, 2.75) is 13.3 Å². The van der Waals surface area contributed by atoms with Crippen LogP contribution in [0, 0.1) is 0 Å². The molecule has 166 valence electrons. The molecule has 0 atom stereocenters. The molecule has 0 saturated heterocycles. The van der Waals surface area contributed by atoms with Crippen LogP contribution in [0.15, 0.2) is 77.3 Å². The minimum Gasteiger partial charge on any atom is -0.490 e. The molecule has 0 heterocycles. The van der Waals surface area contributed by atoms with Crippen LogP contribution in [-0.4, -0.2) is 31.8 Å². The summed E-state index contributed by atoms with van der Waals surface area (Å²) in [6, 6.07) is 21.1. The highest BCUT2D eigenvalue weighted by Gasteiger charge is 2.11. The molecule has 0 aliphatic rings. The molecule has 0 amide bonds. The van der Waals surface area contributed by atoms with Crippen molar-refractivity contribution in [2.24, 2.45) is 0 Å². The first-order valence-corrected chi connectivity index (χ1v) is 10.9. The number of benzene rings is 3. The number of hydrogen-bond acceptors (Lipinski definition) is 6. The first-order chi connectivity index (χ1) is 15.5. The first kappa shape index (κ1) is 23.3. The molecule has 0 aliphatic heterocycles. The van der Waals surface area contributed by atoms with Gasteiger partial charge in [-0.3, -0.25) is 0 Å². The Morgan fingerprint density at radius 2 is 1.59 bits per heavy atom. The maximum atomic E-state index is 12.1. The van der Waals surface area contributed by atoms with Crippen LogP contribution in [0.5, 0.6) is 17.2 Å². The number of carbonyl (C=O) groups excluding carboxylic acids is 2. The zero-order valence-corrected chi connectivity index (χ0v) is 19.2. The fraction of sp³-hybridized carbons (Fsp3) is 0.200. The Morgan fingerprint density at radius 3 is 2.28 bits per heavy atom. The third-order valence-corrected chi connectivity index (χ3v) is 5.02. The lowest BCUT2D eigenvalue weighted by molar-refractivity contribution is -0.136. The topological polar surface area (TPSA) is 71.1 Å². The van der Waals surface area contributed by atoms with Gasteiger partial charge in [-0.05, 0) is 76.4 Å². The van der Waals surface area contributed by atoms with Crippen LogP contribution in [-0.2, 0) is 16.0 Å². The van der Waals surface area contributed by atoms with Gasteiger partial charge in [-0.1, -0.05) is 31.2 Å². The van der Waals surface area contributed by atoms with Crippen LogP contribution in [0.4, 0.5) is 0 Å². The van der Waals surface area contributed by atoms with Crippen molar-refractivity contribution >= 4 is 27.9 Å². The fourth-order valence-corrected chi connectivity index (χ4v) is 3.27. The van der Waals surface area contributed by atoms with Crippen molar-refractivity contribution in [3.05, 3.63) is 88.4 Å². The molecule has 0 aliphatic carbocycles. The van der Waals surface area contributed by atoms with Crippen molar-refractivity contribution in [2.75, 3.05) is 19.8 Å². The molecule has 7 heteroatoms. The first-order valence-electron chi connectivity index (χ1n) is 10.1. The van der Waals surface area contributed by atoms with E-state index in [0.717, 1.165) is 16.5 Å². The molecule has 32 heavy (non-hydrogen) atoms. The van der Waals surface area contributed by atoms with E-state index in [2.05, 4.69) is 22.9 Å². The van der Waals surface area contributed by atoms with E-state index in [9.17, 15) is 9.59 Å². The Kier molecular flexibility index (Phi) is 8.69. The van der Waals surface area contributed by atoms with E-state index in [-0.39, 0.29) is 19.8 Å². The van der Waals surface area contributed by atoms with Gasteiger partial charge in [-0.25, -0.2) is 9.59 Å². The maximum absolute atomic E-state index is 12.1. The van der Waals surface area contributed by atoms with Crippen LogP contribution in [0.1, 0.15) is 22.8 Å². The summed E-state index contributed by atoms with van der Waals surface area (Å²) in [5, 5.41) is 0. The fourth-order valence-electron chi connectivity index (χ4n) is 2.73. The van der Waals surface area contributed by atoms with Gasteiger partial charge in [0.2, 0.25) is 0 Å². The van der Waals surface area contributed by atoms with Gasteiger partial charge in [0.1, 0.15) is 30.5 Å². The monoisotopic (exact) mass is 498 g/mol. The molecule has 6 nitrogen and oxygen atoms in total. The number of carbonyl (C=O) groups is 2. The SMILES string of the molecule is CCc1ccc(OCC(=O)Oc2ccc(C(=O)OCCOc3ccccc3)cc2)c(Br)c1. The minimum absolute atomic E-state index is 0.122. The number of rotatable bonds is 10. The number of esters is 2. The molecule has 0 bridgehead atoms. The Bertz CT molecular complexity index is 1030. The molecule has 0 aromatic heterocycles. The lowest BCUT2D eigenvalue weighted by Crippen LogP contribution is -2.18. The van der Waals surface area contributed by atoms with E-state index < -0.39 is 11.9 Å². The molecule has 0 fully saturated rings. The minimum atomic E-state index is -0.551. The lowest BCUT2D eigenvalue weighted by atomic mass is 10.2. The molecule has 0 radical (unpaired) electrons. The highest BCUT2D eigenvalue weighted by atomic mass is 79.9. The number of hydrogen-bond donors (Lipinski definition) is 0. The Balaban J connectivity index is 1.41. The Hall–Kier alpha value is -3.32. The molecule has 0 unspecified atom stereocenters. The van der Waals surface area contributed by atoms with Gasteiger partial charge in [-0.15, -0.1) is 0 Å². The number of ether oxygens (including phenoxy) is 4. The summed E-state index contributed by atoms with van der Waals surface area (Å²) in [4.78, 5) is 24.2. The van der Waals surface area contributed by atoms with Gasteiger partial charge >= 0.3 is 11.9 Å². The summed E-state index contributed by atoms with van der Waals surface area (Å²) in [7, 11) is 0. The van der Waals surface area contributed by atoms with Crippen molar-refractivity contribution in [3.8, 4) is 17.2 Å². The molecule has 0 spiro atoms. The van der Waals surface area contributed by atoms with Crippen LogP contribution in [0.2, 0.25) is 0 Å². The second kappa shape index (κ2) is 11.9. The van der Waals surface area contributed by atoms with Gasteiger partial charge in [0.05, 0.1) is 10.0 Å². The third-order valence-electron chi connectivity index (χ3n) is 4.40. The number of halogens is 1. The summed E-state index contributed by atoms with van der Waals surface area (Å²) >= 11 is 3.43. The van der Waals surface area contributed by atoms with Crippen molar-refractivity contribution < 1.29 is 28.5 Å². The van der Waals surface area contributed by atoms with Crippen molar-refractivity contribution in [1.29, 1.82) is 0 Å². The average molecular weight is 499 g/mol. The summed E-state index contributed by atoms with van der Waals surface area (Å²) in [6.45, 7) is 2.19.